The third kappa shape index (κ3) is 2.35. The number of likely N-dealkylation sites (tertiary alicyclic amines) is 1. The van der Waals surface area contributed by atoms with Crippen molar-refractivity contribution < 1.29 is 4.79 Å². The monoisotopic (exact) mass is 270 g/mol. The zero-order valence-electron chi connectivity index (χ0n) is 11.8. The first-order chi connectivity index (χ1) is 9.83. The van der Waals surface area contributed by atoms with Gasteiger partial charge in [0, 0.05) is 18.6 Å². The zero-order chi connectivity index (χ0) is 13.5. The van der Waals surface area contributed by atoms with Gasteiger partial charge in [0.25, 0.3) is 0 Å². The number of carbonyl (C=O) groups is 1. The Balaban J connectivity index is 1.47. The SMILES string of the molecule is O=C1[C@H](N[C@H](c2ccccc2)C2CC2)CCN1C1CC1. The third-order valence-electron chi connectivity index (χ3n) is 4.86. The number of benzene rings is 1. The van der Waals surface area contributed by atoms with Gasteiger partial charge in [-0.05, 0) is 43.6 Å². The zero-order valence-corrected chi connectivity index (χ0v) is 11.8. The highest BCUT2D eigenvalue weighted by Gasteiger charge is 2.42. The van der Waals surface area contributed by atoms with Crippen molar-refractivity contribution >= 4 is 5.91 Å². The molecule has 2 atom stereocenters. The molecule has 1 aromatic carbocycles. The molecule has 20 heavy (non-hydrogen) atoms. The van der Waals surface area contributed by atoms with Crippen LogP contribution in [0.1, 0.15) is 43.7 Å². The van der Waals surface area contributed by atoms with Gasteiger partial charge in [0.15, 0.2) is 0 Å². The Morgan fingerprint density at radius 3 is 2.45 bits per heavy atom. The van der Waals surface area contributed by atoms with E-state index in [0.29, 0.717) is 18.0 Å². The van der Waals surface area contributed by atoms with Gasteiger partial charge in [-0.3, -0.25) is 10.1 Å². The molecule has 3 fully saturated rings. The molecular formula is C17H22N2O. The lowest BCUT2D eigenvalue weighted by Crippen LogP contribution is -2.41. The Morgan fingerprint density at radius 2 is 1.80 bits per heavy atom. The Hall–Kier alpha value is -1.35. The number of hydrogen-bond acceptors (Lipinski definition) is 2. The summed E-state index contributed by atoms with van der Waals surface area (Å²) in [5.74, 6) is 1.06. The number of carbonyl (C=O) groups excluding carboxylic acids is 1. The molecule has 1 saturated heterocycles. The molecular weight excluding hydrogens is 248 g/mol. The Bertz CT molecular complexity index is 493. The van der Waals surface area contributed by atoms with Gasteiger partial charge in [0.2, 0.25) is 5.91 Å². The molecule has 0 radical (unpaired) electrons. The van der Waals surface area contributed by atoms with Crippen molar-refractivity contribution in [3.8, 4) is 0 Å². The fourth-order valence-corrected chi connectivity index (χ4v) is 3.42. The first-order valence-corrected chi connectivity index (χ1v) is 7.94. The molecule has 0 spiro atoms. The van der Waals surface area contributed by atoms with Crippen LogP contribution >= 0.6 is 0 Å². The van der Waals surface area contributed by atoms with Crippen molar-refractivity contribution in [3.05, 3.63) is 35.9 Å². The summed E-state index contributed by atoms with van der Waals surface area (Å²) in [5, 5.41) is 3.67. The van der Waals surface area contributed by atoms with Crippen molar-refractivity contribution in [2.75, 3.05) is 6.54 Å². The molecule has 106 valence electrons. The highest BCUT2D eigenvalue weighted by molar-refractivity contribution is 5.84. The van der Waals surface area contributed by atoms with Crippen LogP contribution in [0.25, 0.3) is 0 Å². The predicted octanol–water partition coefficient (Wildman–Crippen LogP) is 2.49. The van der Waals surface area contributed by atoms with Gasteiger partial charge in [-0.15, -0.1) is 0 Å². The topological polar surface area (TPSA) is 32.3 Å². The Kier molecular flexibility index (Phi) is 3.03. The second-order valence-corrected chi connectivity index (χ2v) is 6.50. The summed E-state index contributed by atoms with van der Waals surface area (Å²) in [6.45, 7) is 0.952. The van der Waals surface area contributed by atoms with Crippen LogP contribution in [0.3, 0.4) is 0 Å². The molecule has 0 aromatic heterocycles. The number of rotatable bonds is 5. The first kappa shape index (κ1) is 12.4. The van der Waals surface area contributed by atoms with E-state index in [-0.39, 0.29) is 6.04 Å². The highest BCUT2D eigenvalue weighted by Crippen LogP contribution is 2.42. The maximum absolute atomic E-state index is 12.5. The predicted molar refractivity (Wildman–Crippen MR) is 78.2 cm³/mol. The Labute approximate surface area is 120 Å². The van der Waals surface area contributed by atoms with Crippen LogP contribution in [0.4, 0.5) is 0 Å². The maximum atomic E-state index is 12.5. The van der Waals surface area contributed by atoms with Gasteiger partial charge in [-0.1, -0.05) is 30.3 Å². The fraction of sp³-hybridized carbons (Fsp3) is 0.588. The van der Waals surface area contributed by atoms with E-state index in [2.05, 4.69) is 40.5 Å². The number of nitrogens with zero attached hydrogens (tertiary/aromatic N) is 1. The van der Waals surface area contributed by atoms with Crippen LogP contribution in [-0.2, 0) is 4.79 Å². The van der Waals surface area contributed by atoms with Crippen LogP contribution in [0.2, 0.25) is 0 Å². The molecule has 1 N–H and O–H groups in total. The number of hydrogen-bond donors (Lipinski definition) is 1. The Morgan fingerprint density at radius 1 is 1.05 bits per heavy atom. The third-order valence-corrected chi connectivity index (χ3v) is 4.86. The molecule has 1 aliphatic heterocycles. The van der Waals surface area contributed by atoms with Crippen molar-refractivity contribution in [1.29, 1.82) is 0 Å². The lowest BCUT2D eigenvalue weighted by molar-refractivity contribution is -0.130. The van der Waals surface area contributed by atoms with Crippen LogP contribution in [0.15, 0.2) is 30.3 Å². The highest BCUT2D eigenvalue weighted by atomic mass is 16.2. The summed E-state index contributed by atoms with van der Waals surface area (Å²) in [6, 6.07) is 11.6. The van der Waals surface area contributed by atoms with E-state index in [1.807, 2.05) is 0 Å². The van der Waals surface area contributed by atoms with E-state index >= 15 is 0 Å². The van der Waals surface area contributed by atoms with Crippen LogP contribution < -0.4 is 5.32 Å². The van der Waals surface area contributed by atoms with Gasteiger partial charge in [-0.2, -0.15) is 0 Å². The van der Waals surface area contributed by atoms with E-state index in [4.69, 9.17) is 0 Å². The van der Waals surface area contributed by atoms with E-state index in [1.54, 1.807) is 0 Å². The van der Waals surface area contributed by atoms with Crippen molar-refractivity contribution in [1.82, 2.24) is 10.2 Å². The molecule has 3 nitrogen and oxygen atoms in total. The molecule has 2 aliphatic carbocycles. The van der Waals surface area contributed by atoms with Crippen molar-refractivity contribution in [2.24, 2.45) is 5.92 Å². The minimum absolute atomic E-state index is 0.0430. The normalized spacial score (nSPS) is 27.9. The largest absolute Gasteiger partial charge is 0.338 e. The first-order valence-electron chi connectivity index (χ1n) is 7.94. The van der Waals surface area contributed by atoms with Gasteiger partial charge in [-0.25, -0.2) is 0 Å². The lowest BCUT2D eigenvalue weighted by Gasteiger charge is -2.23. The second-order valence-electron chi connectivity index (χ2n) is 6.50. The molecule has 0 bridgehead atoms. The summed E-state index contributed by atoms with van der Waals surface area (Å²) >= 11 is 0. The molecule has 1 heterocycles. The van der Waals surface area contributed by atoms with E-state index in [1.165, 1.54) is 31.2 Å². The van der Waals surface area contributed by atoms with Crippen LogP contribution in [0.5, 0.6) is 0 Å². The maximum Gasteiger partial charge on any atom is 0.240 e. The van der Waals surface area contributed by atoms with Gasteiger partial charge < -0.3 is 4.90 Å². The van der Waals surface area contributed by atoms with E-state index in [0.717, 1.165) is 18.9 Å². The molecule has 4 rings (SSSR count). The smallest absolute Gasteiger partial charge is 0.240 e. The summed E-state index contributed by atoms with van der Waals surface area (Å²) in [4.78, 5) is 14.6. The molecule has 0 unspecified atom stereocenters. The lowest BCUT2D eigenvalue weighted by atomic mass is 10.0. The van der Waals surface area contributed by atoms with Crippen molar-refractivity contribution in [3.63, 3.8) is 0 Å². The molecule has 1 aromatic rings. The summed E-state index contributed by atoms with van der Waals surface area (Å²) < 4.78 is 0. The molecule has 3 aliphatic rings. The number of nitrogens with one attached hydrogen (secondary N) is 1. The van der Waals surface area contributed by atoms with Crippen LogP contribution in [-0.4, -0.2) is 29.4 Å². The van der Waals surface area contributed by atoms with E-state index < -0.39 is 0 Å². The second kappa shape index (κ2) is 4.88. The van der Waals surface area contributed by atoms with Gasteiger partial charge >= 0.3 is 0 Å². The summed E-state index contributed by atoms with van der Waals surface area (Å²) in [5.41, 5.74) is 1.34. The summed E-state index contributed by atoms with van der Waals surface area (Å²) in [7, 11) is 0. The van der Waals surface area contributed by atoms with E-state index in [9.17, 15) is 4.79 Å². The average Bonchev–Trinajstić information content (AvgIpc) is 3.37. The molecule has 1 amide bonds. The number of amides is 1. The fourth-order valence-electron chi connectivity index (χ4n) is 3.42. The van der Waals surface area contributed by atoms with Gasteiger partial charge in [0.1, 0.15) is 0 Å². The molecule has 3 heteroatoms. The minimum atomic E-state index is 0.0430. The van der Waals surface area contributed by atoms with Crippen LogP contribution in [0, 0.1) is 5.92 Å². The molecule has 2 saturated carbocycles. The van der Waals surface area contributed by atoms with Gasteiger partial charge in [0.05, 0.1) is 6.04 Å². The summed E-state index contributed by atoms with van der Waals surface area (Å²) in [6.07, 6.45) is 5.98. The minimum Gasteiger partial charge on any atom is -0.338 e. The van der Waals surface area contributed by atoms with Crippen molar-refractivity contribution in [2.45, 2.75) is 50.2 Å². The standard InChI is InChI=1S/C17H22N2O/c20-17-15(10-11-19(17)14-8-9-14)18-16(13-6-7-13)12-4-2-1-3-5-12/h1-5,13-16,18H,6-11H2/t15-,16-/m1/s1. The quantitative estimate of drug-likeness (QED) is 0.891. The average molecular weight is 270 g/mol.